The van der Waals surface area contributed by atoms with Crippen LogP contribution < -0.4 is 10.1 Å². The van der Waals surface area contributed by atoms with Crippen LogP contribution in [0.15, 0.2) is 54.1 Å². The van der Waals surface area contributed by atoms with Crippen LogP contribution in [0.3, 0.4) is 0 Å². The lowest BCUT2D eigenvalue weighted by atomic mass is 10.1. The highest BCUT2D eigenvalue weighted by Crippen LogP contribution is 2.16. The summed E-state index contributed by atoms with van der Waals surface area (Å²) in [6.07, 6.45) is 2.48. The first-order valence-electron chi connectivity index (χ1n) is 7.32. The van der Waals surface area contributed by atoms with Gasteiger partial charge < -0.3 is 10.1 Å². The van der Waals surface area contributed by atoms with E-state index in [0.717, 1.165) is 12.0 Å². The number of nitriles is 1. The number of anilines is 1. The number of rotatable bonds is 5. The van der Waals surface area contributed by atoms with Crippen molar-refractivity contribution in [2.75, 3.05) is 12.4 Å². The topological polar surface area (TPSA) is 62.1 Å². The minimum absolute atomic E-state index is 0.0396. The molecule has 0 aliphatic carbocycles. The maximum atomic E-state index is 12.2. The average Bonchev–Trinajstić information content (AvgIpc) is 2.60. The molecule has 1 N–H and O–H groups in total. The van der Waals surface area contributed by atoms with Crippen LogP contribution in [0.1, 0.15) is 18.1 Å². The molecule has 0 unspecified atom stereocenters. The van der Waals surface area contributed by atoms with Crippen LogP contribution in [0.2, 0.25) is 0 Å². The second kappa shape index (κ2) is 7.81. The van der Waals surface area contributed by atoms with Crippen LogP contribution in [0.4, 0.5) is 5.69 Å². The molecular formula is C19H18N2O2. The lowest BCUT2D eigenvalue weighted by Crippen LogP contribution is -2.13. The Kier molecular flexibility index (Phi) is 5.54. The van der Waals surface area contributed by atoms with Gasteiger partial charge in [0, 0.05) is 5.69 Å². The molecule has 0 fully saturated rings. The van der Waals surface area contributed by atoms with Gasteiger partial charge in [0.25, 0.3) is 5.91 Å². The van der Waals surface area contributed by atoms with E-state index in [-0.39, 0.29) is 5.57 Å². The van der Waals surface area contributed by atoms with E-state index < -0.39 is 5.91 Å². The molecule has 0 heterocycles. The number of aryl methyl sites for hydroxylation is 1. The Hall–Kier alpha value is -3.06. The normalized spacial score (nSPS) is 10.7. The Balaban J connectivity index is 2.17. The van der Waals surface area contributed by atoms with E-state index in [9.17, 15) is 10.1 Å². The van der Waals surface area contributed by atoms with Crippen LogP contribution in [0.25, 0.3) is 6.08 Å². The molecule has 0 bridgehead atoms. The molecule has 0 radical (unpaired) electrons. The number of benzene rings is 2. The third kappa shape index (κ3) is 4.45. The smallest absolute Gasteiger partial charge is 0.266 e. The van der Waals surface area contributed by atoms with E-state index in [1.807, 2.05) is 36.4 Å². The maximum Gasteiger partial charge on any atom is 0.266 e. The quantitative estimate of drug-likeness (QED) is 0.675. The van der Waals surface area contributed by atoms with Gasteiger partial charge in [0.1, 0.15) is 17.4 Å². The van der Waals surface area contributed by atoms with Crippen molar-refractivity contribution < 1.29 is 9.53 Å². The van der Waals surface area contributed by atoms with Gasteiger partial charge >= 0.3 is 0 Å². The van der Waals surface area contributed by atoms with Crippen molar-refractivity contribution in [2.45, 2.75) is 13.3 Å². The van der Waals surface area contributed by atoms with Crippen LogP contribution in [-0.4, -0.2) is 13.0 Å². The molecule has 116 valence electrons. The number of carbonyl (C=O) groups is 1. The van der Waals surface area contributed by atoms with Gasteiger partial charge in [0.05, 0.1) is 7.11 Å². The van der Waals surface area contributed by atoms with Crippen LogP contribution in [0, 0.1) is 11.3 Å². The SMILES string of the molecule is CCc1ccc(NC(=O)C(C#N)=Cc2cccc(OC)c2)cc1. The molecule has 2 rings (SSSR count). The Morgan fingerprint density at radius 3 is 2.61 bits per heavy atom. The van der Waals surface area contributed by atoms with Gasteiger partial charge in [0.2, 0.25) is 0 Å². The largest absolute Gasteiger partial charge is 0.497 e. The molecule has 4 heteroatoms. The molecule has 0 saturated carbocycles. The third-order valence-corrected chi connectivity index (χ3v) is 3.39. The number of carbonyl (C=O) groups excluding carboxylic acids is 1. The first kappa shape index (κ1) is 16.3. The highest BCUT2D eigenvalue weighted by Gasteiger charge is 2.09. The highest BCUT2D eigenvalue weighted by molar-refractivity contribution is 6.09. The Bertz CT molecular complexity index is 756. The van der Waals surface area contributed by atoms with E-state index in [4.69, 9.17) is 4.74 Å². The second-order valence-electron chi connectivity index (χ2n) is 4.95. The second-order valence-corrected chi connectivity index (χ2v) is 4.95. The molecule has 4 nitrogen and oxygen atoms in total. The van der Waals surface area contributed by atoms with E-state index in [1.54, 1.807) is 25.3 Å². The van der Waals surface area contributed by atoms with E-state index in [2.05, 4.69) is 12.2 Å². The van der Waals surface area contributed by atoms with Crippen molar-refractivity contribution in [3.05, 3.63) is 65.2 Å². The van der Waals surface area contributed by atoms with Gasteiger partial charge in [0.15, 0.2) is 0 Å². The summed E-state index contributed by atoms with van der Waals surface area (Å²) in [6, 6.07) is 16.7. The minimum Gasteiger partial charge on any atom is -0.497 e. The van der Waals surface area contributed by atoms with Gasteiger partial charge in [-0.3, -0.25) is 4.79 Å². The monoisotopic (exact) mass is 306 g/mol. The molecular weight excluding hydrogens is 288 g/mol. The predicted octanol–water partition coefficient (Wildman–Crippen LogP) is 3.80. The number of nitrogens with one attached hydrogen (secondary N) is 1. The summed E-state index contributed by atoms with van der Waals surface area (Å²) in [4.78, 5) is 12.2. The third-order valence-electron chi connectivity index (χ3n) is 3.39. The maximum absolute atomic E-state index is 12.2. The summed E-state index contributed by atoms with van der Waals surface area (Å²) in [7, 11) is 1.57. The molecule has 23 heavy (non-hydrogen) atoms. The molecule has 0 atom stereocenters. The molecule has 0 spiro atoms. The summed E-state index contributed by atoms with van der Waals surface area (Å²) < 4.78 is 5.14. The summed E-state index contributed by atoms with van der Waals surface area (Å²) >= 11 is 0. The summed E-state index contributed by atoms with van der Waals surface area (Å²) in [6.45, 7) is 2.07. The van der Waals surface area contributed by atoms with Gasteiger partial charge in [-0.2, -0.15) is 5.26 Å². The standard InChI is InChI=1S/C19H18N2O2/c1-3-14-7-9-17(10-8-14)21-19(22)16(13-20)11-15-5-4-6-18(12-15)23-2/h4-12H,3H2,1-2H3,(H,21,22). The number of methoxy groups -OCH3 is 1. The molecule has 2 aromatic rings. The van der Waals surface area contributed by atoms with E-state index >= 15 is 0 Å². The molecule has 1 amide bonds. The predicted molar refractivity (Wildman–Crippen MR) is 91.0 cm³/mol. The molecule has 0 aliphatic rings. The number of nitrogens with zero attached hydrogens (tertiary/aromatic N) is 1. The first-order chi connectivity index (χ1) is 11.2. The zero-order valence-corrected chi connectivity index (χ0v) is 13.2. The van der Waals surface area contributed by atoms with Crippen molar-refractivity contribution in [3.8, 4) is 11.8 Å². The molecule has 0 aromatic heterocycles. The van der Waals surface area contributed by atoms with Gasteiger partial charge in [-0.25, -0.2) is 0 Å². The molecule has 0 aliphatic heterocycles. The van der Waals surface area contributed by atoms with E-state index in [1.165, 1.54) is 11.6 Å². The fourth-order valence-corrected chi connectivity index (χ4v) is 2.07. The average molecular weight is 306 g/mol. The zero-order valence-electron chi connectivity index (χ0n) is 13.2. The van der Waals surface area contributed by atoms with Crippen molar-refractivity contribution in [3.63, 3.8) is 0 Å². The fraction of sp³-hybridized carbons (Fsp3) is 0.158. The Labute approximate surface area is 136 Å². The summed E-state index contributed by atoms with van der Waals surface area (Å²) in [5, 5.41) is 12.0. The first-order valence-corrected chi connectivity index (χ1v) is 7.32. The van der Waals surface area contributed by atoms with Gasteiger partial charge in [-0.05, 0) is 47.9 Å². The highest BCUT2D eigenvalue weighted by atomic mass is 16.5. The van der Waals surface area contributed by atoms with Crippen LogP contribution >= 0.6 is 0 Å². The van der Waals surface area contributed by atoms with Crippen LogP contribution in [0.5, 0.6) is 5.75 Å². The number of hydrogen-bond acceptors (Lipinski definition) is 3. The Morgan fingerprint density at radius 2 is 2.00 bits per heavy atom. The summed E-state index contributed by atoms with van der Waals surface area (Å²) in [5.41, 5.74) is 2.63. The van der Waals surface area contributed by atoms with Crippen molar-refractivity contribution in [1.82, 2.24) is 0 Å². The van der Waals surface area contributed by atoms with Crippen molar-refractivity contribution >= 4 is 17.7 Å². The minimum atomic E-state index is -0.431. The zero-order chi connectivity index (χ0) is 16.7. The van der Waals surface area contributed by atoms with Gasteiger partial charge in [-0.15, -0.1) is 0 Å². The Morgan fingerprint density at radius 1 is 1.26 bits per heavy atom. The van der Waals surface area contributed by atoms with Crippen molar-refractivity contribution in [2.24, 2.45) is 0 Å². The number of hydrogen-bond donors (Lipinski definition) is 1. The fourth-order valence-electron chi connectivity index (χ4n) is 2.07. The molecule has 0 saturated heterocycles. The number of ether oxygens (including phenoxy) is 1. The van der Waals surface area contributed by atoms with Gasteiger partial charge in [-0.1, -0.05) is 31.2 Å². The van der Waals surface area contributed by atoms with Crippen LogP contribution in [-0.2, 0) is 11.2 Å². The lowest BCUT2D eigenvalue weighted by Gasteiger charge is -2.06. The van der Waals surface area contributed by atoms with Crippen molar-refractivity contribution in [1.29, 1.82) is 5.26 Å². The van der Waals surface area contributed by atoms with E-state index in [0.29, 0.717) is 11.4 Å². The lowest BCUT2D eigenvalue weighted by molar-refractivity contribution is -0.112. The number of amides is 1. The molecule has 2 aromatic carbocycles. The summed E-state index contributed by atoms with van der Waals surface area (Å²) in [5.74, 6) is 0.242.